The first-order chi connectivity index (χ1) is 28.1. The molecule has 0 radical (unpaired) electrons. The maximum absolute atomic E-state index is 6.50. The van der Waals surface area contributed by atoms with Gasteiger partial charge in [0.05, 0.1) is 22.4 Å². The molecule has 3 heteroatoms. The van der Waals surface area contributed by atoms with E-state index in [1.807, 2.05) is 12.1 Å². The Hall–Kier alpha value is -7.49. The molecule has 0 bridgehead atoms. The number of furan rings is 1. The first kappa shape index (κ1) is 32.9. The van der Waals surface area contributed by atoms with Crippen LogP contribution in [0.4, 0.5) is 0 Å². The Labute approximate surface area is 330 Å². The standard InChI is InChI=1S/C54H36N2O/c1-34-13-6-8-17-42(34)54(40-25-28-45-39(31-40)24-23-36-14-7-9-18-44(36)45)55-35(2)43-20-12-22-52-53(43)48-33-38(27-30-51(48)57-52)37-26-29-50-47(32-37)46-19-10-11-21-49(46)56(50)41-15-4-3-5-16-41/h3-33H,2H2,1H3. The zero-order valence-electron chi connectivity index (χ0n) is 31.4. The highest BCUT2D eigenvalue weighted by Crippen LogP contribution is 2.39. The largest absolute Gasteiger partial charge is 0.456 e. The van der Waals surface area contributed by atoms with Gasteiger partial charge in [0.15, 0.2) is 0 Å². The second kappa shape index (κ2) is 13.1. The van der Waals surface area contributed by atoms with Crippen molar-refractivity contribution in [2.24, 2.45) is 4.99 Å². The van der Waals surface area contributed by atoms with Crippen LogP contribution in [0, 0.1) is 6.92 Å². The third kappa shape index (κ3) is 5.39. The average molecular weight is 729 g/mol. The topological polar surface area (TPSA) is 30.4 Å². The van der Waals surface area contributed by atoms with E-state index in [1.165, 1.54) is 43.4 Å². The van der Waals surface area contributed by atoms with Crippen molar-refractivity contribution < 1.29 is 4.42 Å². The summed E-state index contributed by atoms with van der Waals surface area (Å²) in [6, 6.07) is 66.8. The Morgan fingerprint density at radius 2 is 1.18 bits per heavy atom. The lowest BCUT2D eigenvalue weighted by atomic mass is 9.94. The SMILES string of the molecule is C=C(N=C(c1ccc2c(ccc3ccccc32)c1)c1ccccc1C)c1cccc2oc3ccc(-c4ccc5c(c4)c4ccccc4n5-c4ccccc4)cc3c12. The number of benzene rings is 9. The first-order valence-electron chi connectivity index (χ1n) is 19.4. The van der Waals surface area contributed by atoms with Crippen LogP contribution in [0.15, 0.2) is 204 Å². The predicted molar refractivity (Wildman–Crippen MR) is 241 cm³/mol. The lowest BCUT2D eigenvalue weighted by molar-refractivity contribution is 0.669. The minimum Gasteiger partial charge on any atom is -0.456 e. The third-order valence-electron chi connectivity index (χ3n) is 11.5. The fourth-order valence-corrected chi connectivity index (χ4v) is 8.73. The Kier molecular flexibility index (Phi) is 7.55. The molecule has 0 N–H and O–H groups in total. The highest BCUT2D eigenvalue weighted by atomic mass is 16.3. The highest BCUT2D eigenvalue weighted by Gasteiger charge is 2.18. The molecule has 0 saturated heterocycles. The minimum absolute atomic E-state index is 0.681. The number of aliphatic imine (C=N–C) groups is 1. The van der Waals surface area contributed by atoms with Crippen LogP contribution in [0.2, 0.25) is 0 Å². The number of fused-ring (bicyclic) bond motifs is 9. The molecule has 0 atom stereocenters. The smallest absolute Gasteiger partial charge is 0.136 e. The van der Waals surface area contributed by atoms with Crippen molar-refractivity contribution in [3.63, 3.8) is 0 Å². The van der Waals surface area contributed by atoms with Gasteiger partial charge in [-0.15, -0.1) is 0 Å². The van der Waals surface area contributed by atoms with Crippen molar-refractivity contribution in [1.82, 2.24) is 4.57 Å². The quantitative estimate of drug-likeness (QED) is 0.124. The zero-order valence-corrected chi connectivity index (χ0v) is 31.4. The maximum atomic E-state index is 6.50. The van der Waals surface area contributed by atoms with Gasteiger partial charge in [-0.2, -0.15) is 0 Å². The van der Waals surface area contributed by atoms with Gasteiger partial charge < -0.3 is 8.98 Å². The number of hydrogen-bond donors (Lipinski definition) is 0. The Balaban J connectivity index is 1.05. The summed E-state index contributed by atoms with van der Waals surface area (Å²) in [4.78, 5) is 5.40. The van der Waals surface area contributed by atoms with Gasteiger partial charge in [0.1, 0.15) is 11.2 Å². The molecule has 11 rings (SSSR count). The van der Waals surface area contributed by atoms with E-state index < -0.39 is 0 Å². The molecule has 9 aromatic carbocycles. The second-order valence-electron chi connectivity index (χ2n) is 14.9. The molecule has 2 heterocycles. The average Bonchev–Trinajstić information content (AvgIpc) is 3.81. The Bertz CT molecular complexity index is 3440. The van der Waals surface area contributed by atoms with Crippen LogP contribution in [0.25, 0.3) is 87.8 Å². The monoisotopic (exact) mass is 728 g/mol. The Morgan fingerprint density at radius 3 is 2.05 bits per heavy atom. The number of para-hydroxylation sites is 2. The number of nitrogens with zero attached hydrogens (tertiary/aromatic N) is 2. The summed E-state index contributed by atoms with van der Waals surface area (Å²) < 4.78 is 8.85. The van der Waals surface area contributed by atoms with Gasteiger partial charge in [-0.05, 0) is 99.8 Å². The second-order valence-corrected chi connectivity index (χ2v) is 14.9. The van der Waals surface area contributed by atoms with Gasteiger partial charge in [0, 0.05) is 43.9 Å². The van der Waals surface area contributed by atoms with Crippen molar-refractivity contribution in [1.29, 1.82) is 0 Å². The molecule has 0 aliphatic heterocycles. The molecule has 57 heavy (non-hydrogen) atoms. The van der Waals surface area contributed by atoms with Crippen molar-refractivity contribution >= 4 is 76.7 Å². The molecule has 0 saturated carbocycles. The summed E-state index contributed by atoms with van der Waals surface area (Å²) in [6.07, 6.45) is 0. The van der Waals surface area contributed by atoms with Crippen LogP contribution in [-0.4, -0.2) is 10.3 Å². The lowest BCUT2D eigenvalue weighted by Gasteiger charge is -2.14. The van der Waals surface area contributed by atoms with Crippen molar-refractivity contribution in [3.05, 3.63) is 217 Å². The molecule has 0 fully saturated rings. The van der Waals surface area contributed by atoms with Gasteiger partial charge in [0.25, 0.3) is 0 Å². The van der Waals surface area contributed by atoms with E-state index in [0.717, 1.165) is 66.7 Å². The van der Waals surface area contributed by atoms with E-state index in [-0.39, 0.29) is 0 Å². The van der Waals surface area contributed by atoms with E-state index in [1.54, 1.807) is 0 Å². The van der Waals surface area contributed by atoms with Gasteiger partial charge in [-0.1, -0.05) is 140 Å². The van der Waals surface area contributed by atoms with E-state index in [4.69, 9.17) is 9.41 Å². The first-order valence-corrected chi connectivity index (χ1v) is 19.4. The fraction of sp³-hybridized carbons (Fsp3) is 0.0185. The summed E-state index contributed by atoms with van der Waals surface area (Å²) in [5.74, 6) is 0. The lowest BCUT2D eigenvalue weighted by Crippen LogP contribution is -2.06. The van der Waals surface area contributed by atoms with Gasteiger partial charge in [-0.25, -0.2) is 4.99 Å². The van der Waals surface area contributed by atoms with E-state index in [2.05, 4.69) is 194 Å². The number of hydrogen-bond acceptors (Lipinski definition) is 2. The van der Waals surface area contributed by atoms with Crippen molar-refractivity contribution in [2.75, 3.05) is 0 Å². The molecule has 268 valence electrons. The molecule has 2 aromatic heterocycles. The molecular formula is C54H36N2O. The summed E-state index contributed by atoms with van der Waals surface area (Å²) in [7, 11) is 0. The molecule has 0 aliphatic carbocycles. The summed E-state index contributed by atoms with van der Waals surface area (Å²) in [6.45, 7) is 6.77. The molecule has 0 unspecified atom stereocenters. The molecule has 11 aromatic rings. The van der Waals surface area contributed by atoms with E-state index in [9.17, 15) is 0 Å². The maximum Gasteiger partial charge on any atom is 0.136 e. The molecule has 0 amide bonds. The van der Waals surface area contributed by atoms with Crippen molar-refractivity contribution in [3.8, 4) is 16.8 Å². The van der Waals surface area contributed by atoms with Crippen LogP contribution in [0.3, 0.4) is 0 Å². The number of aromatic nitrogens is 1. The van der Waals surface area contributed by atoms with Gasteiger partial charge in [0.2, 0.25) is 0 Å². The molecule has 0 spiro atoms. The van der Waals surface area contributed by atoms with Crippen LogP contribution in [0.1, 0.15) is 22.3 Å². The van der Waals surface area contributed by atoms with E-state index >= 15 is 0 Å². The van der Waals surface area contributed by atoms with Crippen LogP contribution >= 0.6 is 0 Å². The molecule has 0 aliphatic rings. The minimum atomic E-state index is 0.681. The highest BCUT2D eigenvalue weighted by molar-refractivity contribution is 6.19. The zero-order chi connectivity index (χ0) is 38.0. The van der Waals surface area contributed by atoms with Crippen LogP contribution in [0.5, 0.6) is 0 Å². The van der Waals surface area contributed by atoms with Crippen LogP contribution < -0.4 is 0 Å². The number of rotatable bonds is 6. The van der Waals surface area contributed by atoms with Gasteiger partial charge >= 0.3 is 0 Å². The van der Waals surface area contributed by atoms with Gasteiger partial charge in [-0.3, -0.25) is 0 Å². The van der Waals surface area contributed by atoms with Crippen LogP contribution in [-0.2, 0) is 0 Å². The summed E-state index contributed by atoms with van der Waals surface area (Å²) >= 11 is 0. The van der Waals surface area contributed by atoms with Crippen molar-refractivity contribution in [2.45, 2.75) is 6.92 Å². The normalized spacial score (nSPS) is 12.1. The number of aryl methyl sites for hydroxylation is 1. The predicted octanol–water partition coefficient (Wildman–Crippen LogP) is 14.5. The third-order valence-corrected chi connectivity index (χ3v) is 11.5. The molecule has 3 nitrogen and oxygen atoms in total. The van der Waals surface area contributed by atoms with E-state index in [0.29, 0.717) is 5.70 Å². The fourth-order valence-electron chi connectivity index (χ4n) is 8.73. The summed E-state index contributed by atoms with van der Waals surface area (Å²) in [5.41, 5.74) is 13.2. The summed E-state index contributed by atoms with van der Waals surface area (Å²) in [5, 5.41) is 9.39. The Morgan fingerprint density at radius 1 is 0.491 bits per heavy atom. The molecular weight excluding hydrogens is 693 g/mol.